The summed E-state index contributed by atoms with van der Waals surface area (Å²) in [5, 5.41) is 2.19. The summed E-state index contributed by atoms with van der Waals surface area (Å²) in [6, 6.07) is 5.30. The quantitative estimate of drug-likeness (QED) is 0.456. The highest BCUT2D eigenvalue weighted by atomic mass is 32.2. The topological polar surface area (TPSA) is 87.7 Å². The smallest absolute Gasteiger partial charge is 0.306 e. The second-order valence-electron chi connectivity index (χ2n) is 7.56. The van der Waals surface area contributed by atoms with Crippen LogP contribution >= 0.6 is 0 Å². The van der Waals surface area contributed by atoms with Gasteiger partial charge in [0.05, 0.1) is 16.0 Å². The Bertz CT molecular complexity index is 1170. The van der Waals surface area contributed by atoms with Gasteiger partial charge in [0.25, 0.3) is 0 Å². The monoisotopic (exact) mass is 511 g/mol. The van der Waals surface area contributed by atoms with E-state index in [-0.39, 0.29) is 30.8 Å². The van der Waals surface area contributed by atoms with Gasteiger partial charge in [0.15, 0.2) is 0 Å². The van der Waals surface area contributed by atoms with Gasteiger partial charge in [0, 0.05) is 18.8 Å². The minimum absolute atomic E-state index is 0.0701. The molecule has 2 aromatic rings. The lowest BCUT2D eigenvalue weighted by Gasteiger charge is -2.18. The lowest BCUT2D eigenvalue weighted by molar-refractivity contribution is -0.138. The molecule has 2 N–H and O–H groups in total. The number of amides is 2. The van der Waals surface area contributed by atoms with Crippen LogP contribution in [0.25, 0.3) is 0 Å². The third kappa shape index (κ3) is 6.18. The standard InChI is InChI=1S/C20H19F6N3O4S/c1-12-7-14(20(24,25)26)9-15(8-12)27-18(30)28-33-16-5-6-29(11-16)34(31,32)17-4-2-3-13(10-17)19(21,22)23/h2-4,7-10,16H,5-6,11H2,1H3,(H2,27,28,30)/t16-/m1/s1. The predicted octanol–water partition coefficient (Wildman–Crippen LogP) is 4.55. The van der Waals surface area contributed by atoms with Crippen LogP contribution in [0.5, 0.6) is 0 Å². The molecule has 0 radical (unpaired) electrons. The predicted molar refractivity (Wildman–Crippen MR) is 108 cm³/mol. The molecular formula is C20H19F6N3O4S. The molecule has 2 aromatic carbocycles. The van der Waals surface area contributed by atoms with E-state index >= 15 is 0 Å². The Kier molecular flexibility index (Phi) is 7.15. The Morgan fingerprint density at radius 2 is 1.71 bits per heavy atom. The maximum absolute atomic E-state index is 12.9. The third-order valence-electron chi connectivity index (χ3n) is 4.89. The summed E-state index contributed by atoms with van der Waals surface area (Å²) in [6.07, 6.45) is -10.0. The van der Waals surface area contributed by atoms with Crippen LogP contribution in [-0.2, 0) is 27.2 Å². The maximum Gasteiger partial charge on any atom is 0.416 e. The molecule has 0 unspecified atom stereocenters. The molecule has 1 aliphatic rings. The summed E-state index contributed by atoms with van der Waals surface area (Å²) >= 11 is 0. The van der Waals surface area contributed by atoms with Crippen molar-refractivity contribution in [2.75, 3.05) is 18.4 Å². The van der Waals surface area contributed by atoms with Crippen molar-refractivity contribution in [2.24, 2.45) is 0 Å². The fourth-order valence-electron chi connectivity index (χ4n) is 3.31. The highest BCUT2D eigenvalue weighted by Gasteiger charge is 2.36. The molecule has 1 aliphatic heterocycles. The van der Waals surface area contributed by atoms with Crippen molar-refractivity contribution in [3.8, 4) is 0 Å². The number of hydrogen-bond acceptors (Lipinski definition) is 4. The number of hydroxylamine groups is 1. The SMILES string of the molecule is Cc1cc(NC(=O)NO[C@@H]2CCN(S(=O)(=O)c3cccc(C(F)(F)F)c3)C2)cc(C(F)(F)F)c1. The number of carbonyl (C=O) groups is 1. The minimum Gasteiger partial charge on any atom is -0.306 e. The molecule has 1 fully saturated rings. The number of sulfonamides is 1. The molecule has 0 bridgehead atoms. The number of benzene rings is 2. The van der Waals surface area contributed by atoms with Crippen molar-refractivity contribution in [3.63, 3.8) is 0 Å². The molecule has 34 heavy (non-hydrogen) atoms. The van der Waals surface area contributed by atoms with E-state index < -0.39 is 50.5 Å². The Hall–Kier alpha value is -2.84. The molecule has 7 nitrogen and oxygen atoms in total. The van der Waals surface area contributed by atoms with Crippen molar-refractivity contribution in [1.82, 2.24) is 9.79 Å². The van der Waals surface area contributed by atoms with E-state index in [1.165, 1.54) is 13.0 Å². The van der Waals surface area contributed by atoms with Crippen molar-refractivity contribution >= 4 is 21.7 Å². The van der Waals surface area contributed by atoms with Gasteiger partial charge in [-0.15, -0.1) is 0 Å². The average molecular weight is 511 g/mol. The van der Waals surface area contributed by atoms with Crippen molar-refractivity contribution < 1.29 is 44.4 Å². The van der Waals surface area contributed by atoms with Gasteiger partial charge in [-0.05, 0) is 55.3 Å². The van der Waals surface area contributed by atoms with Gasteiger partial charge >= 0.3 is 18.4 Å². The van der Waals surface area contributed by atoms with Crippen molar-refractivity contribution in [2.45, 2.75) is 36.7 Å². The second-order valence-corrected chi connectivity index (χ2v) is 9.50. The molecular weight excluding hydrogens is 492 g/mol. The van der Waals surface area contributed by atoms with Gasteiger partial charge in [-0.3, -0.25) is 4.84 Å². The zero-order chi connectivity index (χ0) is 25.3. The number of nitrogens with zero attached hydrogens (tertiary/aromatic N) is 1. The number of anilines is 1. The summed E-state index contributed by atoms with van der Waals surface area (Å²) in [7, 11) is -4.25. The largest absolute Gasteiger partial charge is 0.416 e. The van der Waals surface area contributed by atoms with Crippen LogP contribution in [0.15, 0.2) is 47.4 Å². The first-order valence-corrected chi connectivity index (χ1v) is 11.2. The number of urea groups is 1. The molecule has 1 heterocycles. The van der Waals surface area contributed by atoms with Gasteiger partial charge in [-0.2, -0.15) is 30.6 Å². The lowest BCUT2D eigenvalue weighted by atomic mass is 10.1. The number of carbonyl (C=O) groups excluding carboxylic acids is 1. The van der Waals surface area contributed by atoms with Crippen LogP contribution in [0.4, 0.5) is 36.8 Å². The van der Waals surface area contributed by atoms with E-state index in [0.29, 0.717) is 6.07 Å². The zero-order valence-corrected chi connectivity index (χ0v) is 18.3. The second kappa shape index (κ2) is 9.43. The average Bonchev–Trinajstić information content (AvgIpc) is 3.21. The molecule has 0 aromatic heterocycles. The molecule has 3 rings (SSSR count). The van der Waals surface area contributed by atoms with E-state index in [1.54, 1.807) is 0 Å². The van der Waals surface area contributed by atoms with Crippen LogP contribution in [0.2, 0.25) is 0 Å². The first kappa shape index (κ1) is 25.8. The molecule has 186 valence electrons. The van der Waals surface area contributed by atoms with Crippen LogP contribution < -0.4 is 10.8 Å². The number of alkyl halides is 6. The van der Waals surface area contributed by atoms with Gasteiger partial charge in [0.1, 0.15) is 6.10 Å². The van der Waals surface area contributed by atoms with Crippen LogP contribution in [0.3, 0.4) is 0 Å². The van der Waals surface area contributed by atoms with Gasteiger partial charge < -0.3 is 5.32 Å². The summed E-state index contributed by atoms with van der Waals surface area (Å²) in [4.78, 5) is 16.6. The summed E-state index contributed by atoms with van der Waals surface area (Å²) < 4.78 is 104. The summed E-state index contributed by atoms with van der Waals surface area (Å²) in [5.74, 6) is 0. The minimum atomic E-state index is -4.71. The van der Waals surface area contributed by atoms with Gasteiger partial charge in [-0.25, -0.2) is 18.7 Å². The fraction of sp³-hybridized carbons (Fsp3) is 0.350. The van der Waals surface area contributed by atoms with Crippen LogP contribution in [-0.4, -0.2) is 37.9 Å². The Balaban J connectivity index is 1.59. The number of hydrogen-bond donors (Lipinski definition) is 2. The highest BCUT2D eigenvalue weighted by molar-refractivity contribution is 7.89. The van der Waals surface area contributed by atoms with E-state index in [4.69, 9.17) is 4.84 Å². The van der Waals surface area contributed by atoms with E-state index in [1.807, 2.05) is 5.48 Å². The first-order valence-electron chi connectivity index (χ1n) is 9.75. The number of rotatable bonds is 5. The summed E-state index contributed by atoms with van der Waals surface area (Å²) in [6.45, 7) is 1.10. The Morgan fingerprint density at radius 1 is 1.03 bits per heavy atom. The molecule has 14 heteroatoms. The Morgan fingerprint density at radius 3 is 2.35 bits per heavy atom. The molecule has 2 amide bonds. The fourth-order valence-corrected chi connectivity index (χ4v) is 4.84. The number of nitrogens with one attached hydrogen (secondary N) is 2. The summed E-state index contributed by atoms with van der Waals surface area (Å²) in [5.41, 5.74) is 0.0637. The third-order valence-corrected chi connectivity index (χ3v) is 6.75. The molecule has 0 saturated carbocycles. The maximum atomic E-state index is 12.9. The van der Waals surface area contributed by atoms with Crippen molar-refractivity contribution in [1.29, 1.82) is 0 Å². The Labute approximate surface area is 190 Å². The first-order chi connectivity index (χ1) is 15.7. The van der Waals surface area contributed by atoms with Gasteiger partial charge in [-0.1, -0.05) is 6.07 Å². The van der Waals surface area contributed by atoms with E-state index in [0.717, 1.165) is 34.6 Å². The van der Waals surface area contributed by atoms with Crippen LogP contribution in [0.1, 0.15) is 23.1 Å². The number of aryl methyl sites for hydroxylation is 1. The van der Waals surface area contributed by atoms with Crippen LogP contribution in [0, 0.1) is 6.92 Å². The van der Waals surface area contributed by atoms with Gasteiger partial charge in [0.2, 0.25) is 10.0 Å². The van der Waals surface area contributed by atoms with Crippen molar-refractivity contribution in [3.05, 3.63) is 59.2 Å². The lowest BCUT2D eigenvalue weighted by Crippen LogP contribution is -2.35. The highest BCUT2D eigenvalue weighted by Crippen LogP contribution is 2.33. The molecule has 0 spiro atoms. The van der Waals surface area contributed by atoms with E-state index in [9.17, 15) is 39.6 Å². The molecule has 0 aliphatic carbocycles. The number of halogens is 6. The van der Waals surface area contributed by atoms with E-state index in [2.05, 4.69) is 5.32 Å². The normalized spacial score (nSPS) is 17.6. The molecule has 1 saturated heterocycles. The molecule has 1 atom stereocenters. The zero-order valence-electron chi connectivity index (χ0n) is 17.5.